The molecule has 1 rings (SSSR count). The third-order valence-corrected chi connectivity index (χ3v) is 3.73. The van der Waals surface area contributed by atoms with Gasteiger partial charge in [0.25, 0.3) is 0 Å². The van der Waals surface area contributed by atoms with Gasteiger partial charge in [0.05, 0.1) is 26.7 Å². The fourth-order valence-electron chi connectivity index (χ4n) is 2.83. The highest BCUT2D eigenvalue weighted by atomic mass is 16.6. The number of carbonyl (C=O) groups excluding carboxylic acids is 3. The number of rotatable bonds is 4. The van der Waals surface area contributed by atoms with Gasteiger partial charge in [-0.15, -0.1) is 0 Å². The summed E-state index contributed by atoms with van der Waals surface area (Å²) < 4.78 is 14.4. The van der Waals surface area contributed by atoms with Crippen LogP contribution in [0.5, 0.6) is 0 Å². The molecule has 0 aromatic heterocycles. The Morgan fingerprint density at radius 1 is 1.16 bits per heavy atom. The minimum absolute atomic E-state index is 0.141. The Labute approximate surface area is 112 Å². The van der Waals surface area contributed by atoms with E-state index < -0.39 is 29.2 Å². The number of hydrogen-bond acceptors (Lipinski definition) is 6. The summed E-state index contributed by atoms with van der Waals surface area (Å²) in [7, 11) is 2.39. The molecule has 0 aromatic carbocycles. The Kier molecular flexibility index (Phi) is 4.91. The van der Waals surface area contributed by atoms with Crippen molar-refractivity contribution in [3.05, 3.63) is 0 Å². The number of ether oxygens (including phenoxy) is 3. The standard InChI is InChI=1S/C13H20O6/c1-5-19-10(14)9-8(2)6-7-13(9,11(15)17-3)12(16)18-4/h8-9H,5-7H2,1-4H3. The van der Waals surface area contributed by atoms with Crippen LogP contribution in [0.2, 0.25) is 0 Å². The summed E-state index contributed by atoms with van der Waals surface area (Å²) in [6.07, 6.45) is 0.796. The predicted molar refractivity (Wildman–Crippen MR) is 65.0 cm³/mol. The second kappa shape index (κ2) is 6.04. The normalized spacial score (nSPS) is 24.6. The molecule has 0 aliphatic heterocycles. The average molecular weight is 272 g/mol. The highest BCUT2D eigenvalue weighted by Gasteiger charge is 2.63. The van der Waals surface area contributed by atoms with Crippen LogP contribution < -0.4 is 0 Å². The summed E-state index contributed by atoms with van der Waals surface area (Å²) in [5.41, 5.74) is -1.57. The molecule has 0 amide bonds. The zero-order chi connectivity index (χ0) is 14.6. The van der Waals surface area contributed by atoms with Gasteiger partial charge in [-0.25, -0.2) is 0 Å². The molecule has 1 fully saturated rings. The maximum Gasteiger partial charge on any atom is 0.324 e. The molecule has 0 bridgehead atoms. The second-order valence-electron chi connectivity index (χ2n) is 4.70. The van der Waals surface area contributed by atoms with Crippen molar-refractivity contribution in [2.45, 2.75) is 26.7 Å². The summed E-state index contributed by atoms with van der Waals surface area (Å²) in [6.45, 7) is 3.69. The molecule has 0 saturated heterocycles. The van der Waals surface area contributed by atoms with Crippen molar-refractivity contribution in [1.29, 1.82) is 0 Å². The molecule has 0 aromatic rings. The summed E-state index contributed by atoms with van der Waals surface area (Å²) in [4.78, 5) is 36.2. The van der Waals surface area contributed by atoms with E-state index in [0.717, 1.165) is 0 Å². The number of carbonyl (C=O) groups is 3. The van der Waals surface area contributed by atoms with Gasteiger partial charge in [-0.1, -0.05) is 6.92 Å². The molecule has 6 nitrogen and oxygen atoms in total. The maximum atomic E-state index is 12.1. The van der Waals surface area contributed by atoms with Gasteiger partial charge in [0.1, 0.15) is 0 Å². The molecule has 6 heteroatoms. The summed E-state index contributed by atoms with van der Waals surface area (Å²) >= 11 is 0. The molecule has 2 atom stereocenters. The Balaban J connectivity index is 3.23. The van der Waals surface area contributed by atoms with Crippen LogP contribution in [0.3, 0.4) is 0 Å². The quantitative estimate of drug-likeness (QED) is 0.430. The molecular formula is C13H20O6. The van der Waals surface area contributed by atoms with Crippen molar-refractivity contribution in [3.8, 4) is 0 Å². The van der Waals surface area contributed by atoms with Crippen LogP contribution in [-0.4, -0.2) is 38.7 Å². The first-order chi connectivity index (χ1) is 8.95. The second-order valence-corrected chi connectivity index (χ2v) is 4.70. The first-order valence-corrected chi connectivity index (χ1v) is 6.29. The largest absolute Gasteiger partial charge is 0.468 e. The van der Waals surface area contributed by atoms with E-state index in [-0.39, 0.29) is 18.9 Å². The van der Waals surface area contributed by atoms with Gasteiger partial charge in [0.15, 0.2) is 5.41 Å². The van der Waals surface area contributed by atoms with Gasteiger partial charge < -0.3 is 14.2 Å². The fourth-order valence-corrected chi connectivity index (χ4v) is 2.83. The molecule has 1 saturated carbocycles. The van der Waals surface area contributed by atoms with E-state index >= 15 is 0 Å². The lowest BCUT2D eigenvalue weighted by Gasteiger charge is -2.29. The number of methoxy groups -OCH3 is 2. The van der Waals surface area contributed by atoms with Gasteiger partial charge in [0, 0.05) is 0 Å². The van der Waals surface area contributed by atoms with E-state index in [9.17, 15) is 14.4 Å². The van der Waals surface area contributed by atoms with Gasteiger partial charge in [0.2, 0.25) is 0 Å². The molecule has 1 aliphatic carbocycles. The summed E-state index contributed by atoms with van der Waals surface area (Å²) in [6, 6.07) is 0. The molecule has 0 heterocycles. The molecule has 1 aliphatic rings. The zero-order valence-electron chi connectivity index (χ0n) is 11.7. The number of hydrogen-bond donors (Lipinski definition) is 0. The van der Waals surface area contributed by atoms with Crippen LogP contribution in [0, 0.1) is 17.3 Å². The molecule has 2 unspecified atom stereocenters. The Morgan fingerprint density at radius 2 is 1.68 bits per heavy atom. The van der Waals surface area contributed by atoms with Gasteiger partial charge in [-0.3, -0.25) is 14.4 Å². The molecular weight excluding hydrogens is 252 g/mol. The third-order valence-electron chi connectivity index (χ3n) is 3.73. The third kappa shape index (κ3) is 2.43. The topological polar surface area (TPSA) is 78.9 Å². The van der Waals surface area contributed by atoms with Crippen molar-refractivity contribution in [2.24, 2.45) is 17.3 Å². The molecule has 108 valence electrons. The van der Waals surface area contributed by atoms with Crippen molar-refractivity contribution in [2.75, 3.05) is 20.8 Å². The Hall–Kier alpha value is -1.59. The number of esters is 3. The van der Waals surface area contributed by atoms with Crippen molar-refractivity contribution < 1.29 is 28.6 Å². The van der Waals surface area contributed by atoms with Crippen LogP contribution in [0.4, 0.5) is 0 Å². The minimum atomic E-state index is -1.57. The van der Waals surface area contributed by atoms with Crippen molar-refractivity contribution in [1.82, 2.24) is 0 Å². The van der Waals surface area contributed by atoms with Crippen LogP contribution in [0.15, 0.2) is 0 Å². The molecule has 0 radical (unpaired) electrons. The first-order valence-electron chi connectivity index (χ1n) is 6.29. The lowest BCUT2D eigenvalue weighted by Crippen LogP contribution is -2.48. The van der Waals surface area contributed by atoms with Gasteiger partial charge >= 0.3 is 17.9 Å². The lowest BCUT2D eigenvalue weighted by molar-refractivity contribution is -0.180. The van der Waals surface area contributed by atoms with E-state index in [1.807, 2.05) is 6.92 Å². The van der Waals surface area contributed by atoms with E-state index in [1.54, 1.807) is 6.92 Å². The summed E-state index contributed by atoms with van der Waals surface area (Å²) in [5, 5.41) is 0. The smallest absolute Gasteiger partial charge is 0.324 e. The molecule has 19 heavy (non-hydrogen) atoms. The highest BCUT2D eigenvalue weighted by Crippen LogP contribution is 2.49. The van der Waals surface area contributed by atoms with Crippen molar-refractivity contribution >= 4 is 17.9 Å². The Bertz CT molecular complexity index is 359. The van der Waals surface area contributed by atoms with Crippen molar-refractivity contribution in [3.63, 3.8) is 0 Å². The van der Waals surface area contributed by atoms with E-state index in [1.165, 1.54) is 14.2 Å². The molecule has 0 spiro atoms. The fraction of sp³-hybridized carbons (Fsp3) is 0.769. The summed E-state index contributed by atoms with van der Waals surface area (Å²) in [5.74, 6) is -3.02. The average Bonchev–Trinajstić information content (AvgIpc) is 2.75. The van der Waals surface area contributed by atoms with E-state index in [4.69, 9.17) is 14.2 Å². The highest BCUT2D eigenvalue weighted by molar-refractivity contribution is 6.04. The van der Waals surface area contributed by atoms with Crippen LogP contribution >= 0.6 is 0 Å². The minimum Gasteiger partial charge on any atom is -0.468 e. The van der Waals surface area contributed by atoms with Crippen LogP contribution in [0.1, 0.15) is 26.7 Å². The zero-order valence-corrected chi connectivity index (χ0v) is 11.7. The first kappa shape index (κ1) is 15.5. The maximum absolute atomic E-state index is 12.1. The Morgan fingerprint density at radius 3 is 2.11 bits per heavy atom. The molecule has 0 N–H and O–H groups in total. The van der Waals surface area contributed by atoms with Gasteiger partial charge in [-0.2, -0.15) is 0 Å². The monoisotopic (exact) mass is 272 g/mol. The predicted octanol–water partition coefficient (Wildman–Crippen LogP) is 0.928. The van der Waals surface area contributed by atoms with E-state index in [2.05, 4.69) is 0 Å². The van der Waals surface area contributed by atoms with Gasteiger partial charge in [-0.05, 0) is 25.7 Å². The van der Waals surface area contributed by atoms with Crippen LogP contribution in [0.25, 0.3) is 0 Å². The van der Waals surface area contributed by atoms with Crippen LogP contribution in [-0.2, 0) is 28.6 Å². The SMILES string of the molecule is CCOC(=O)C1C(C)CCC1(C(=O)OC)C(=O)OC. The van der Waals surface area contributed by atoms with E-state index in [0.29, 0.717) is 6.42 Å². The lowest BCUT2D eigenvalue weighted by atomic mass is 9.75.